The maximum absolute atomic E-state index is 13.4. The number of anilines is 2. The van der Waals surface area contributed by atoms with E-state index >= 15 is 0 Å². The summed E-state index contributed by atoms with van der Waals surface area (Å²) in [6.07, 6.45) is 2.60. The van der Waals surface area contributed by atoms with E-state index in [1.807, 2.05) is 0 Å². The van der Waals surface area contributed by atoms with Crippen LogP contribution in [0, 0.1) is 5.82 Å². The van der Waals surface area contributed by atoms with Crippen LogP contribution < -0.4 is 11.1 Å². The maximum Gasteiger partial charge on any atom is 0.148 e. The molecule has 1 saturated carbocycles. The second kappa shape index (κ2) is 4.70. The normalized spacial score (nSPS) is 15.4. The SMILES string of the molecule is CN(CCNc1ccc(N)cc1F)C1CC1. The Morgan fingerprint density at radius 2 is 2.25 bits per heavy atom. The summed E-state index contributed by atoms with van der Waals surface area (Å²) in [6, 6.07) is 5.48. The number of nitrogen functional groups attached to an aromatic ring is 1. The van der Waals surface area contributed by atoms with Crippen LogP contribution in [0.2, 0.25) is 0 Å². The first-order valence-corrected chi connectivity index (χ1v) is 5.66. The molecule has 0 bridgehead atoms. The highest BCUT2D eigenvalue weighted by atomic mass is 19.1. The number of likely N-dealkylation sites (N-methyl/N-ethyl adjacent to an activating group) is 1. The van der Waals surface area contributed by atoms with Crippen molar-refractivity contribution in [3.05, 3.63) is 24.0 Å². The average Bonchev–Trinajstić information content (AvgIpc) is 3.04. The molecule has 3 N–H and O–H groups in total. The van der Waals surface area contributed by atoms with Crippen LogP contribution in [0.1, 0.15) is 12.8 Å². The van der Waals surface area contributed by atoms with E-state index < -0.39 is 0 Å². The molecule has 1 aliphatic rings. The summed E-state index contributed by atoms with van der Waals surface area (Å²) >= 11 is 0. The predicted octanol–water partition coefficient (Wildman–Crippen LogP) is 1.91. The quantitative estimate of drug-likeness (QED) is 0.749. The minimum atomic E-state index is -0.283. The van der Waals surface area contributed by atoms with Gasteiger partial charge < -0.3 is 16.0 Å². The number of nitrogens with two attached hydrogens (primary N) is 1. The van der Waals surface area contributed by atoms with Crippen molar-refractivity contribution in [2.24, 2.45) is 0 Å². The van der Waals surface area contributed by atoms with Crippen molar-refractivity contribution in [2.45, 2.75) is 18.9 Å². The standard InChI is InChI=1S/C12H18FN3/c1-16(10-3-4-10)7-6-15-12-5-2-9(14)8-11(12)13/h2,5,8,10,15H,3-4,6-7,14H2,1H3. The smallest absolute Gasteiger partial charge is 0.148 e. The van der Waals surface area contributed by atoms with Gasteiger partial charge in [0, 0.05) is 24.8 Å². The second-order valence-electron chi connectivity index (χ2n) is 4.38. The van der Waals surface area contributed by atoms with Gasteiger partial charge in [0.05, 0.1) is 5.69 Å². The molecule has 0 spiro atoms. The van der Waals surface area contributed by atoms with E-state index in [9.17, 15) is 4.39 Å². The lowest BCUT2D eigenvalue weighted by Gasteiger charge is -2.16. The fourth-order valence-electron chi connectivity index (χ4n) is 1.74. The Labute approximate surface area is 95.4 Å². The van der Waals surface area contributed by atoms with E-state index in [0.29, 0.717) is 11.4 Å². The van der Waals surface area contributed by atoms with Gasteiger partial charge in [-0.25, -0.2) is 4.39 Å². The molecule has 0 radical (unpaired) electrons. The van der Waals surface area contributed by atoms with Gasteiger partial charge in [0.25, 0.3) is 0 Å². The first-order chi connectivity index (χ1) is 7.66. The Bertz CT molecular complexity index is 363. The van der Waals surface area contributed by atoms with Gasteiger partial charge in [-0.1, -0.05) is 0 Å². The van der Waals surface area contributed by atoms with Gasteiger partial charge in [-0.15, -0.1) is 0 Å². The van der Waals surface area contributed by atoms with E-state index in [-0.39, 0.29) is 5.82 Å². The summed E-state index contributed by atoms with van der Waals surface area (Å²) < 4.78 is 13.4. The predicted molar refractivity (Wildman–Crippen MR) is 65.0 cm³/mol. The van der Waals surface area contributed by atoms with Crippen LogP contribution in [0.4, 0.5) is 15.8 Å². The molecule has 1 aromatic carbocycles. The molecule has 0 atom stereocenters. The molecular weight excluding hydrogens is 205 g/mol. The largest absolute Gasteiger partial charge is 0.399 e. The van der Waals surface area contributed by atoms with Gasteiger partial charge in [-0.05, 0) is 38.1 Å². The molecule has 0 aromatic heterocycles. The van der Waals surface area contributed by atoms with Gasteiger partial charge in [-0.2, -0.15) is 0 Å². The van der Waals surface area contributed by atoms with Gasteiger partial charge in [0.1, 0.15) is 5.82 Å². The van der Waals surface area contributed by atoms with E-state index in [0.717, 1.165) is 19.1 Å². The number of nitrogens with one attached hydrogen (secondary N) is 1. The van der Waals surface area contributed by atoms with Crippen molar-refractivity contribution in [3.63, 3.8) is 0 Å². The third-order valence-electron chi connectivity index (χ3n) is 2.94. The number of benzene rings is 1. The number of rotatable bonds is 5. The molecule has 88 valence electrons. The molecule has 0 aliphatic heterocycles. The van der Waals surface area contributed by atoms with Crippen LogP contribution in [0.15, 0.2) is 18.2 Å². The van der Waals surface area contributed by atoms with Crippen LogP contribution in [-0.2, 0) is 0 Å². The number of hydrogen-bond donors (Lipinski definition) is 2. The maximum atomic E-state index is 13.4. The average molecular weight is 223 g/mol. The monoisotopic (exact) mass is 223 g/mol. The Morgan fingerprint density at radius 1 is 1.50 bits per heavy atom. The summed E-state index contributed by atoms with van der Waals surface area (Å²) in [7, 11) is 2.11. The van der Waals surface area contributed by atoms with Crippen LogP contribution in [-0.4, -0.2) is 31.1 Å². The van der Waals surface area contributed by atoms with Crippen LogP contribution in [0.3, 0.4) is 0 Å². The molecule has 2 rings (SSSR count). The fraction of sp³-hybridized carbons (Fsp3) is 0.500. The third kappa shape index (κ3) is 2.85. The zero-order valence-electron chi connectivity index (χ0n) is 9.54. The highest BCUT2D eigenvalue weighted by Gasteiger charge is 2.25. The number of nitrogens with zero attached hydrogens (tertiary/aromatic N) is 1. The van der Waals surface area contributed by atoms with Crippen molar-refractivity contribution in [1.29, 1.82) is 0 Å². The Kier molecular flexibility index (Phi) is 3.29. The van der Waals surface area contributed by atoms with E-state index in [4.69, 9.17) is 5.73 Å². The third-order valence-corrected chi connectivity index (χ3v) is 2.94. The summed E-state index contributed by atoms with van der Waals surface area (Å²) in [5.74, 6) is -0.283. The van der Waals surface area contributed by atoms with Crippen molar-refractivity contribution >= 4 is 11.4 Å². The van der Waals surface area contributed by atoms with Gasteiger partial charge in [0.2, 0.25) is 0 Å². The van der Waals surface area contributed by atoms with E-state index in [1.165, 1.54) is 18.9 Å². The van der Waals surface area contributed by atoms with Crippen molar-refractivity contribution in [1.82, 2.24) is 4.90 Å². The summed E-state index contributed by atoms with van der Waals surface area (Å²) in [4.78, 5) is 2.31. The molecule has 3 nitrogen and oxygen atoms in total. The summed E-state index contributed by atoms with van der Waals surface area (Å²) in [5.41, 5.74) is 6.46. The van der Waals surface area contributed by atoms with Crippen LogP contribution in [0.25, 0.3) is 0 Å². The molecule has 1 aromatic rings. The molecule has 1 fully saturated rings. The van der Waals surface area contributed by atoms with Gasteiger partial charge in [-0.3, -0.25) is 0 Å². The molecule has 0 amide bonds. The first-order valence-electron chi connectivity index (χ1n) is 5.66. The lowest BCUT2D eigenvalue weighted by Crippen LogP contribution is -2.27. The van der Waals surface area contributed by atoms with E-state index in [1.54, 1.807) is 12.1 Å². The molecule has 0 unspecified atom stereocenters. The number of hydrogen-bond acceptors (Lipinski definition) is 3. The molecule has 16 heavy (non-hydrogen) atoms. The summed E-state index contributed by atoms with van der Waals surface area (Å²) in [6.45, 7) is 1.70. The van der Waals surface area contributed by atoms with Crippen molar-refractivity contribution < 1.29 is 4.39 Å². The molecule has 1 aliphatic carbocycles. The van der Waals surface area contributed by atoms with Crippen molar-refractivity contribution in [3.8, 4) is 0 Å². The highest BCUT2D eigenvalue weighted by molar-refractivity contribution is 5.52. The Balaban J connectivity index is 1.80. The van der Waals surface area contributed by atoms with E-state index in [2.05, 4.69) is 17.3 Å². The minimum absolute atomic E-state index is 0.283. The molecule has 0 heterocycles. The topological polar surface area (TPSA) is 41.3 Å². The minimum Gasteiger partial charge on any atom is -0.399 e. The highest BCUT2D eigenvalue weighted by Crippen LogP contribution is 2.24. The summed E-state index contributed by atoms with van der Waals surface area (Å²) in [5, 5.41) is 3.08. The lowest BCUT2D eigenvalue weighted by atomic mass is 10.2. The Hall–Kier alpha value is -1.29. The molecular formula is C12H18FN3. The van der Waals surface area contributed by atoms with Gasteiger partial charge >= 0.3 is 0 Å². The first kappa shape index (κ1) is 11.2. The molecule has 0 saturated heterocycles. The van der Waals surface area contributed by atoms with Gasteiger partial charge in [0.15, 0.2) is 0 Å². The van der Waals surface area contributed by atoms with Crippen LogP contribution >= 0.6 is 0 Å². The van der Waals surface area contributed by atoms with Crippen LogP contribution in [0.5, 0.6) is 0 Å². The lowest BCUT2D eigenvalue weighted by molar-refractivity contribution is 0.337. The zero-order chi connectivity index (χ0) is 11.5. The van der Waals surface area contributed by atoms with Crippen molar-refractivity contribution in [2.75, 3.05) is 31.2 Å². The second-order valence-corrected chi connectivity index (χ2v) is 4.38. The zero-order valence-corrected chi connectivity index (χ0v) is 9.54. The Morgan fingerprint density at radius 3 is 2.88 bits per heavy atom. The number of halogens is 1. The fourth-order valence-corrected chi connectivity index (χ4v) is 1.74. The molecule has 4 heteroatoms.